The summed E-state index contributed by atoms with van der Waals surface area (Å²) in [5, 5.41) is 3.44. The third-order valence-corrected chi connectivity index (χ3v) is 3.04. The van der Waals surface area contributed by atoms with Crippen LogP contribution in [-0.2, 0) is 6.42 Å². The molecule has 1 aromatic carbocycles. The van der Waals surface area contributed by atoms with Gasteiger partial charge in [-0.15, -0.1) is 0 Å². The van der Waals surface area contributed by atoms with Crippen molar-refractivity contribution in [1.29, 1.82) is 0 Å². The largest absolute Gasteiger partial charge is 0.389 e. The molecule has 0 saturated carbocycles. The molecule has 1 atom stereocenters. The van der Waals surface area contributed by atoms with Crippen LogP contribution in [0.15, 0.2) is 42.6 Å². The highest BCUT2D eigenvalue weighted by atomic mass is 14.9. The molecule has 0 aliphatic carbocycles. The van der Waals surface area contributed by atoms with Gasteiger partial charge in [0, 0.05) is 12.2 Å². The zero-order valence-electron chi connectivity index (χ0n) is 11.2. The fourth-order valence-electron chi connectivity index (χ4n) is 1.94. The Balaban J connectivity index is 2.17. The highest BCUT2D eigenvalue weighted by Crippen LogP contribution is 2.08. The van der Waals surface area contributed by atoms with E-state index in [4.69, 9.17) is 0 Å². The summed E-state index contributed by atoms with van der Waals surface area (Å²) in [6, 6.07) is 10.6. The Kier molecular flexibility index (Phi) is 6.46. The highest BCUT2D eigenvalue weighted by Gasteiger charge is 2.01. The Morgan fingerprint density at radius 1 is 1.29 bits per heavy atom. The zero-order valence-corrected chi connectivity index (χ0v) is 11.2. The van der Waals surface area contributed by atoms with Gasteiger partial charge >= 0.3 is 0 Å². The molecule has 0 amide bonds. The van der Waals surface area contributed by atoms with Gasteiger partial charge in [-0.25, -0.2) is 0 Å². The van der Waals surface area contributed by atoms with Gasteiger partial charge in [0.05, 0.1) is 0 Å². The maximum atomic E-state index is 4.09. The molecular weight excluding hydrogens is 206 g/mol. The summed E-state index contributed by atoms with van der Waals surface area (Å²) >= 11 is 0. The minimum atomic E-state index is 0.744. The van der Waals surface area contributed by atoms with Crippen LogP contribution in [0.5, 0.6) is 0 Å². The third kappa shape index (κ3) is 6.15. The molecule has 0 spiro atoms. The first-order chi connectivity index (χ1) is 8.22. The summed E-state index contributed by atoms with van der Waals surface area (Å²) < 4.78 is 0. The number of aryl methyl sites for hydroxylation is 1. The Labute approximate surface area is 106 Å². The molecule has 94 valence electrons. The molecule has 0 aliphatic rings. The first kappa shape index (κ1) is 13.8. The molecule has 1 unspecified atom stereocenters. The van der Waals surface area contributed by atoms with Crippen molar-refractivity contribution < 1.29 is 0 Å². The summed E-state index contributed by atoms with van der Waals surface area (Å²) in [5.74, 6) is 0.744. The fourth-order valence-corrected chi connectivity index (χ4v) is 1.94. The lowest BCUT2D eigenvalue weighted by molar-refractivity contribution is 0.495. The molecule has 0 bridgehead atoms. The topological polar surface area (TPSA) is 12.0 Å². The second kappa shape index (κ2) is 7.94. The van der Waals surface area contributed by atoms with Gasteiger partial charge in [-0.2, -0.15) is 0 Å². The van der Waals surface area contributed by atoms with Gasteiger partial charge in [-0.1, -0.05) is 57.2 Å². The van der Waals surface area contributed by atoms with E-state index in [1.165, 1.54) is 18.4 Å². The minimum absolute atomic E-state index is 0.744. The summed E-state index contributed by atoms with van der Waals surface area (Å²) in [6.45, 7) is 9.68. The molecule has 0 saturated heterocycles. The summed E-state index contributed by atoms with van der Waals surface area (Å²) in [7, 11) is 0. The van der Waals surface area contributed by atoms with Gasteiger partial charge in [-0.3, -0.25) is 0 Å². The van der Waals surface area contributed by atoms with Crippen molar-refractivity contribution in [2.75, 3.05) is 6.54 Å². The molecule has 17 heavy (non-hydrogen) atoms. The molecule has 1 aromatic rings. The quantitative estimate of drug-likeness (QED) is 0.708. The van der Waals surface area contributed by atoms with E-state index in [9.17, 15) is 0 Å². The van der Waals surface area contributed by atoms with E-state index >= 15 is 0 Å². The van der Waals surface area contributed by atoms with Gasteiger partial charge in [0.25, 0.3) is 0 Å². The van der Waals surface area contributed by atoms with Crippen molar-refractivity contribution in [1.82, 2.24) is 5.32 Å². The molecule has 1 N–H and O–H groups in total. The van der Waals surface area contributed by atoms with Crippen LogP contribution in [0.25, 0.3) is 0 Å². The number of nitrogens with one attached hydrogen (secondary N) is 1. The van der Waals surface area contributed by atoms with E-state index in [0.717, 1.165) is 31.0 Å². The van der Waals surface area contributed by atoms with Crippen LogP contribution in [0.4, 0.5) is 0 Å². The molecular formula is C16H25N. The van der Waals surface area contributed by atoms with Gasteiger partial charge in [-0.05, 0) is 30.7 Å². The maximum absolute atomic E-state index is 4.09. The Morgan fingerprint density at radius 3 is 2.65 bits per heavy atom. The van der Waals surface area contributed by atoms with Gasteiger partial charge < -0.3 is 5.32 Å². The Morgan fingerprint density at radius 2 is 2.00 bits per heavy atom. The number of hydrogen-bond donors (Lipinski definition) is 1. The summed E-state index contributed by atoms with van der Waals surface area (Å²) in [4.78, 5) is 0. The van der Waals surface area contributed by atoms with E-state index in [0.29, 0.717) is 0 Å². The molecule has 1 rings (SSSR count). The second-order valence-corrected chi connectivity index (χ2v) is 4.86. The number of allylic oxidation sites excluding steroid dienone is 1. The predicted octanol–water partition coefficient (Wildman–Crippen LogP) is 4.16. The van der Waals surface area contributed by atoms with Crippen LogP contribution in [0, 0.1) is 5.92 Å². The standard InChI is InChI=1S/C16H25N/c1-4-8-14(2)13-17-15(3)11-12-16-9-6-5-7-10-16/h5-7,9-10,14,17H,3-4,8,11-13H2,1-2H3. The van der Waals surface area contributed by atoms with E-state index in [2.05, 4.69) is 56.1 Å². The number of benzene rings is 1. The van der Waals surface area contributed by atoms with Crippen molar-refractivity contribution >= 4 is 0 Å². The summed E-state index contributed by atoms with van der Waals surface area (Å²) in [6.07, 6.45) is 4.66. The first-order valence-corrected chi connectivity index (χ1v) is 6.68. The molecule has 1 heteroatoms. The molecule has 0 radical (unpaired) electrons. The molecule has 0 fully saturated rings. The average molecular weight is 231 g/mol. The average Bonchev–Trinajstić information content (AvgIpc) is 2.35. The van der Waals surface area contributed by atoms with E-state index in [1.54, 1.807) is 0 Å². The lowest BCUT2D eigenvalue weighted by atomic mass is 10.1. The van der Waals surface area contributed by atoms with E-state index in [-0.39, 0.29) is 0 Å². The van der Waals surface area contributed by atoms with Gasteiger partial charge in [0.2, 0.25) is 0 Å². The van der Waals surface area contributed by atoms with Crippen LogP contribution in [-0.4, -0.2) is 6.54 Å². The highest BCUT2D eigenvalue weighted by molar-refractivity contribution is 5.15. The third-order valence-electron chi connectivity index (χ3n) is 3.04. The Hall–Kier alpha value is -1.24. The van der Waals surface area contributed by atoms with Crippen molar-refractivity contribution in [3.8, 4) is 0 Å². The van der Waals surface area contributed by atoms with Crippen molar-refractivity contribution in [3.05, 3.63) is 48.2 Å². The normalized spacial score (nSPS) is 12.1. The lowest BCUT2D eigenvalue weighted by Gasteiger charge is -2.14. The maximum Gasteiger partial charge on any atom is 0.0169 e. The molecule has 0 aromatic heterocycles. The Bertz CT molecular complexity index is 316. The van der Waals surface area contributed by atoms with Gasteiger partial charge in [0.1, 0.15) is 0 Å². The van der Waals surface area contributed by atoms with Crippen LogP contribution in [0.1, 0.15) is 38.7 Å². The predicted molar refractivity (Wildman–Crippen MR) is 76.0 cm³/mol. The van der Waals surface area contributed by atoms with E-state index < -0.39 is 0 Å². The minimum Gasteiger partial charge on any atom is -0.389 e. The smallest absolute Gasteiger partial charge is 0.0169 e. The molecule has 0 heterocycles. The molecule has 0 aliphatic heterocycles. The van der Waals surface area contributed by atoms with Crippen LogP contribution in [0.2, 0.25) is 0 Å². The van der Waals surface area contributed by atoms with Crippen molar-refractivity contribution in [3.63, 3.8) is 0 Å². The van der Waals surface area contributed by atoms with Crippen molar-refractivity contribution in [2.45, 2.75) is 39.5 Å². The van der Waals surface area contributed by atoms with Crippen molar-refractivity contribution in [2.24, 2.45) is 5.92 Å². The number of hydrogen-bond acceptors (Lipinski definition) is 1. The summed E-state index contributed by atoms with van der Waals surface area (Å²) in [5.41, 5.74) is 2.55. The molecule has 1 nitrogen and oxygen atoms in total. The first-order valence-electron chi connectivity index (χ1n) is 6.68. The lowest BCUT2D eigenvalue weighted by Crippen LogP contribution is -2.20. The number of rotatable bonds is 8. The SMILES string of the molecule is C=C(CCc1ccccc1)NCC(C)CCC. The second-order valence-electron chi connectivity index (χ2n) is 4.86. The fraction of sp³-hybridized carbons (Fsp3) is 0.500. The van der Waals surface area contributed by atoms with Crippen LogP contribution >= 0.6 is 0 Å². The van der Waals surface area contributed by atoms with Gasteiger partial charge in [0.15, 0.2) is 0 Å². The van der Waals surface area contributed by atoms with E-state index in [1.807, 2.05) is 0 Å². The van der Waals surface area contributed by atoms with Crippen LogP contribution in [0.3, 0.4) is 0 Å². The van der Waals surface area contributed by atoms with Crippen LogP contribution < -0.4 is 5.32 Å². The monoisotopic (exact) mass is 231 g/mol. The zero-order chi connectivity index (χ0) is 12.5.